The molecule has 0 aromatic carbocycles. The molecule has 1 aliphatic rings. The van der Waals surface area contributed by atoms with Gasteiger partial charge >= 0.3 is 0 Å². The van der Waals surface area contributed by atoms with Crippen LogP contribution in [0.5, 0.6) is 0 Å². The fourth-order valence-corrected chi connectivity index (χ4v) is 2.81. The molecule has 0 bridgehead atoms. The van der Waals surface area contributed by atoms with Crippen LogP contribution in [0.4, 0.5) is 0 Å². The van der Waals surface area contributed by atoms with Crippen LogP contribution in [0.2, 0.25) is 0 Å². The van der Waals surface area contributed by atoms with Crippen LogP contribution in [0, 0.1) is 11.3 Å². The third kappa shape index (κ3) is 4.99. The van der Waals surface area contributed by atoms with E-state index in [2.05, 4.69) is 32.6 Å². The molecule has 1 nitrogen and oxygen atoms in total. The van der Waals surface area contributed by atoms with Gasteiger partial charge in [0, 0.05) is 6.54 Å². The van der Waals surface area contributed by atoms with E-state index in [4.69, 9.17) is 0 Å². The molecule has 0 aromatic heterocycles. The van der Waals surface area contributed by atoms with E-state index < -0.39 is 0 Å². The van der Waals surface area contributed by atoms with Gasteiger partial charge in [0.15, 0.2) is 0 Å². The highest BCUT2D eigenvalue weighted by Gasteiger charge is 2.35. The summed E-state index contributed by atoms with van der Waals surface area (Å²) in [7, 11) is 0. The molecule has 104 valence electrons. The van der Waals surface area contributed by atoms with Crippen molar-refractivity contribution in [1.82, 2.24) is 4.90 Å². The number of hydrogen-bond donors (Lipinski definition) is 0. The van der Waals surface area contributed by atoms with Crippen LogP contribution in [0.3, 0.4) is 0 Å². The third-order valence-electron chi connectivity index (χ3n) is 4.70. The van der Waals surface area contributed by atoms with E-state index in [1.807, 2.05) is 13.8 Å². The first-order valence-corrected chi connectivity index (χ1v) is 7.88. The maximum atomic E-state index is 2.68. The Morgan fingerprint density at radius 3 is 2.18 bits per heavy atom. The molecule has 1 atom stereocenters. The van der Waals surface area contributed by atoms with Gasteiger partial charge in [0.05, 0.1) is 0 Å². The summed E-state index contributed by atoms with van der Waals surface area (Å²) in [6.07, 6.45) is 6.83. The molecular formula is C16H35N. The molecule has 17 heavy (non-hydrogen) atoms. The van der Waals surface area contributed by atoms with Crippen LogP contribution < -0.4 is 0 Å². The van der Waals surface area contributed by atoms with Crippen LogP contribution in [-0.4, -0.2) is 24.5 Å². The minimum atomic E-state index is 0.598. The van der Waals surface area contributed by atoms with Crippen LogP contribution in [0.15, 0.2) is 0 Å². The average Bonchev–Trinajstić information content (AvgIpc) is 2.87. The molecule has 0 radical (unpaired) electrons. The Morgan fingerprint density at radius 2 is 1.71 bits per heavy atom. The summed E-state index contributed by atoms with van der Waals surface area (Å²) >= 11 is 0. The van der Waals surface area contributed by atoms with Crippen LogP contribution in [0.1, 0.15) is 73.6 Å². The second kappa shape index (κ2) is 8.97. The molecule has 0 amide bonds. The lowest BCUT2D eigenvalue weighted by Gasteiger charge is -2.33. The summed E-state index contributed by atoms with van der Waals surface area (Å²) in [6.45, 7) is 17.5. The van der Waals surface area contributed by atoms with Crippen LogP contribution in [0.25, 0.3) is 0 Å². The van der Waals surface area contributed by atoms with Crippen LogP contribution in [-0.2, 0) is 0 Å². The Morgan fingerprint density at radius 1 is 1.12 bits per heavy atom. The topological polar surface area (TPSA) is 3.24 Å². The number of likely N-dealkylation sites (tertiary alicyclic amines) is 1. The maximum absolute atomic E-state index is 2.68. The van der Waals surface area contributed by atoms with E-state index in [9.17, 15) is 0 Å². The Hall–Kier alpha value is -0.0400. The highest BCUT2D eigenvalue weighted by Crippen LogP contribution is 2.40. The fourth-order valence-electron chi connectivity index (χ4n) is 2.81. The lowest BCUT2D eigenvalue weighted by Crippen LogP contribution is -2.30. The van der Waals surface area contributed by atoms with Crippen molar-refractivity contribution >= 4 is 0 Å². The standard InChI is InChI=1S/C14H29N.C2H6/c1-5-8-10-15-11-9-13(12-15)14(4,6-2)7-3;1-2/h13H,5-12H2,1-4H3;1-2H3. The van der Waals surface area contributed by atoms with Gasteiger partial charge in [-0.2, -0.15) is 0 Å². The highest BCUT2D eigenvalue weighted by atomic mass is 15.1. The van der Waals surface area contributed by atoms with Gasteiger partial charge in [0.2, 0.25) is 0 Å². The van der Waals surface area contributed by atoms with Gasteiger partial charge < -0.3 is 4.90 Å². The molecule has 1 rings (SSSR count). The van der Waals surface area contributed by atoms with Crippen molar-refractivity contribution in [1.29, 1.82) is 0 Å². The SMILES string of the molecule is CC.CCCCN1CCC(C(C)(CC)CC)C1. The zero-order valence-electron chi connectivity index (χ0n) is 13.2. The Kier molecular flexibility index (Phi) is 8.94. The van der Waals surface area contributed by atoms with E-state index in [1.54, 1.807) is 0 Å². The lowest BCUT2D eigenvalue weighted by molar-refractivity contribution is 0.167. The Bertz CT molecular complexity index is 172. The normalized spacial score (nSPS) is 21.2. The second-order valence-electron chi connectivity index (χ2n) is 5.50. The molecular weight excluding hydrogens is 206 g/mol. The van der Waals surface area contributed by atoms with Crippen molar-refractivity contribution in [2.75, 3.05) is 19.6 Å². The summed E-state index contributed by atoms with van der Waals surface area (Å²) < 4.78 is 0. The Labute approximate surface area is 110 Å². The maximum Gasteiger partial charge on any atom is 0.00153 e. The van der Waals surface area contributed by atoms with Crippen molar-refractivity contribution in [3.63, 3.8) is 0 Å². The molecule has 0 aliphatic carbocycles. The molecule has 1 heteroatoms. The first-order chi connectivity index (χ1) is 8.16. The predicted molar refractivity (Wildman–Crippen MR) is 79.5 cm³/mol. The van der Waals surface area contributed by atoms with Crippen LogP contribution >= 0.6 is 0 Å². The fraction of sp³-hybridized carbons (Fsp3) is 1.00. The van der Waals surface area contributed by atoms with Crippen molar-refractivity contribution in [2.45, 2.75) is 73.6 Å². The molecule has 0 saturated carbocycles. The number of nitrogens with zero attached hydrogens (tertiary/aromatic N) is 1. The van der Waals surface area contributed by atoms with Gasteiger partial charge in [0.25, 0.3) is 0 Å². The number of unbranched alkanes of at least 4 members (excludes halogenated alkanes) is 1. The van der Waals surface area contributed by atoms with Gasteiger partial charge in [-0.3, -0.25) is 0 Å². The monoisotopic (exact) mass is 241 g/mol. The van der Waals surface area contributed by atoms with Gasteiger partial charge in [0.1, 0.15) is 0 Å². The quantitative estimate of drug-likeness (QED) is 0.635. The van der Waals surface area contributed by atoms with Gasteiger partial charge in [-0.1, -0.05) is 60.8 Å². The van der Waals surface area contributed by atoms with Crippen molar-refractivity contribution in [3.8, 4) is 0 Å². The Balaban J connectivity index is 0.00000121. The molecule has 1 fully saturated rings. The predicted octanol–water partition coefficient (Wildman–Crippen LogP) is 4.96. The minimum Gasteiger partial charge on any atom is -0.303 e. The molecule has 1 heterocycles. The molecule has 0 spiro atoms. The minimum absolute atomic E-state index is 0.598. The van der Waals surface area contributed by atoms with E-state index in [0.717, 1.165) is 5.92 Å². The molecule has 0 N–H and O–H groups in total. The van der Waals surface area contributed by atoms with Crippen molar-refractivity contribution in [3.05, 3.63) is 0 Å². The first kappa shape index (κ1) is 17.0. The summed E-state index contributed by atoms with van der Waals surface area (Å²) in [4.78, 5) is 2.68. The molecule has 0 aromatic rings. The van der Waals surface area contributed by atoms with E-state index in [1.165, 1.54) is 51.7 Å². The number of rotatable bonds is 6. The summed E-state index contributed by atoms with van der Waals surface area (Å²) in [5, 5.41) is 0. The zero-order valence-corrected chi connectivity index (χ0v) is 13.2. The lowest BCUT2D eigenvalue weighted by atomic mass is 9.72. The molecule has 1 aliphatic heterocycles. The van der Waals surface area contributed by atoms with E-state index >= 15 is 0 Å². The van der Waals surface area contributed by atoms with Gasteiger partial charge in [-0.15, -0.1) is 0 Å². The average molecular weight is 241 g/mol. The third-order valence-corrected chi connectivity index (χ3v) is 4.70. The summed E-state index contributed by atoms with van der Waals surface area (Å²) in [5.41, 5.74) is 0.598. The van der Waals surface area contributed by atoms with Crippen molar-refractivity contribution < 1.29 is 0 Å². The molecule has 1 unspecified atom stereocenters. The van der Waals surface area contributed by atoms with Gasteiger partial charge in [-0.05, 0) is 37.3 Å². The van der Waals surface area contributed by atoms with Crippen molar-refractivity contribution in [2.24, 2.45) is 11.3 Å². The zero-order chi connectivity index (χ0) is 13.3. The molecule has 1 saturated heterocycles. The summed E-state index contributed by atoms with van der Waals surface area (Å²) in [5.74, 6) is 0.948. The van der Waals surface area contributed by atoms with E-state index in [0.29, 0.717) is 5.41 Å². The largest absolute Gasteiger partial charge is 0.303 e. The smallest absolute Gasteiger partial charge is 0.00153 e. The highest BCUT2D eigenvalue weighted by molar-refractivity contribution is 4.87. The first-order valence-electron chi connectivity index (χ1n) is 7.88. The van der Waals surface area contributed by atoms with E-state index in [-0.39, 0.29) is 0 Å². The van der Waals surface area contributed by atoms with Gasteiger partial charge in [-0.25, -0.2) is 0 Å². The summed E-state index contributed by atoms with van der Waals surface area (Å²) in [6, 6.07) is 0. The second-order valence-corrected chi connectivity index (χ2v) is 5.50. The number of hydrogen-bond acceptors (Lipinski definition) is 1.